The highest BCUT2D eigenvalue weighted by Gasteiger charge is 2.34. The van der Waals surface area contributed by atoms with Crippen LogP contribution >= 0.6 is 0 Å². The van der Waals surface area contributed by atoms with E-state index in [0.29, 0.717) is 5.92 Å². The second-order valence-corrected chi connectivity index (χ2v) is 9.70. The highest BCUT2D eigenvalue weighted by Crippen LogP contribution is 2.46. The molecule has 0 amide bonds. The largest absolute Gasteiger partial charge is 0.198 e. The van der Waals surface area contributed by atoms with Gasteiger partial charge in [0.2, 0.25) is 0 Å². The minimum absolute atomic E-state index is 0.374. The summed E-state index contributed by atoms with van der Waals surface area (Å²) in [4.78, 5) is 0. The summed E-state index contributed by atoms with van der Waals surface area (Å²) in [6.07, 6.45) is 23.0. The lowest BCUT2D eigenvalue weighted by Gasteiger charge is -2.41. The Kier molecular flexibility index (Phi) is 7.69. The van der Waals surface area contributed by atoms with Crippen molar-refractivity contribution in [3.8, 4) is 6.07 Å². The second-order valence-electron chi connectivity index (χ2n) is 9.70. The normalized spacial score (nSPS) is 39.7. The van der Waals surface area contributed by atoms with Gasteiger partial charge in [-0.3, -0.25) is 0 Å². The molecule has 1 nitrogen and oxygen atoms in total. The van der Waals surface area contributed by atoms with Gasteiger partial charge in [0, 0.05) is 5.92 Å². The van der Waals surface area contributed by atoms with E-state index < -0.39 is 0 Å². The van der Waals surface area contributed by atoms with E-state index in [2.05, 4.69) is 13.0 Å². The van der Waals surface area contributed by atoms with Crippen LogP contribution in [0.25, 0.3) is 0 Å². The fraction of sp³-hybridized carbons (Fsp3) is 0.958. The van der Waals surface area contributed by atoms with Crippen LogP contribution in [-0.4, -0.2) is 0 Å². The molecule has 2 atom stereocenters. The third-order valence-corrected chi connectivity index (χ3v) is 8.15. The van der Waals surface area contributed by atoms with Gasteiger partial charge >= 0.3 is 0 Å². The molecule has 0 saturated heterocycles. The summed E-state index contributed by atoms with van der Waals surface area (Å²) in [5.41, 5.74) is 0. The molecule has 0 bridgehead atoms. The quantitative estimate of drug-likeness (QED) is 0.458. The molecular weight excluding hydrogens is 302 g/mol. The molecule has 0 radical (unpaired) electrons. The molecule has 0 N–H and O–H groups in total. The maximum Gasteiger partial charge on any atom is 0.0655 e. The van der Waals surface area contributed by atoms with Crippen molar-refractivity contribution in [2.24, 2.45) is 35.5 Å². The van der Waals surface area contributed by atoms with Gasteiger partial charge in [0.25, 0.3) is 0 Å². The van der Waals surface area contributed by atoms with Crippen LogP contribution in [0.2, 0.25) is 0 Å². The van der Waals surface area contributed by atoms with E-state index in [9.17, 15) is 5.26 Å². The minimum Gasteiger partial charge on any atom is -0.198 e. The first-order chi connectivity index (χ1) is 12.3. The van der Waals surface area contributed by atoms with Crippen LogP contribution in [0.1, 0.15) is 110 Å². The van der Waals surface area contributed by atoms with Crippen molar-refractivity contribution in [3.05, 3.63) is 0 Å². The molecule has 3 saturated carbocycles. The van der Waals surface area contributed by atoms with Gasteiger partial charge in [0.15, 0.2) is 0 Å². The monoisotopic (exact) mass is 343 g/mol. The van der Waals surface area contributed by atoms with Gasteiger partial charge in [0.05, 0.1) is 6.07 Å². The van der Waals surface area contributed by atoms with E-state index in [1.54, 1.807) is 0 Å². The number of nitriles is 1. The molecule has 0 aromatic rings. The van der Waals surface area contributed by atoms with Crippen LogP contribution in [0, 0.1) is 46.8 Å². The molecule has 0 heterocycles. The van der Waals surface area contributed by atoms with Crippen LogP contribution in [0.4, 0.5) is 0 Å². The van der Waals surface area contributed by atoms with Gasteiger partial charge in [-0.2, -0.15) is 5.26 Å². The Bertz CT molecular complexity index is 406. The smallest absolute Gasteiger partial charge is 0.0655 e. The highest BCUT2D eigenvalue weighted by molar-refractivity contribution is 4.91. The van der Waals surface area contributed by atoms with Crippen molar-refractivity contribution in [2.45, 2.75) is 110 Å². The molecule has 142 valence electrons. The average molecular weight is 344 g/mol. The molecule has 0 aliphatic heterocycles. The lowest BCUT2D eigenvalue weighted by molar-refractivity contribution is 0.106. The third-order valence-electron chi connectivity index (χ3n) is 8.15. The first-order valence-corrected chi connectivity index (χ1v) is 11.7. The predicted molar refractivity (Wildman–Crippen MR) is 106 cm³/mol. The van der Waals surface area contributed by atoms with Gasteiger partial charge in [0.1, 0.15) is 0 Å². The van der Waals surface area contributed by atoms with Crippen LogP contribution < -0.4 is 0 Å². The Balaban J connectivity index is 1.36. The molecular formula is C24H41N. The van der Waals surface area contributed by atoms with E-state index in [4.69, 9.17) is 0 Å². The Morgan fingerprint density at radius 2 is 1.32 bits per heavy atom. The van der Waals surface area contributed by atoms with Crippen molar-refractivity contribution < 1.29 is 0 Å². The maximum atomic E-state index is 9.26. The third kappa shape index (κ3) is 5.48. The standard InChI is InChI=1S/C24H41N/c1-2-3-4-6-19-9-11-21(12-10-19)22-13-15-23(16-14-22)24-8-5-7-20(17-24)18-25/h19-24H,2-17H2,1H3. The number of unbranched alkanes of at least 4 members (excludes halogenated alkanes) is 2. The molecule has 0 spiro atoms. The molecule has 1 heteroatoms. The maximum absolute atomic E-state index is 9.26. The fourth-order valence-corrected chi connectivity index (χ4v) is 6.49. The van der Waals surface area contributed by atoms with E-state index in [-0.39, 0.29) is 0 Å². The van der Waals surface area contributed by atoms with Gasteiger partial charge in [-0.05, 0) is 81.0 Å². The Morgan fingerprint density at radius 1 is 0.720 bits per heavy atom. The zero-order chi connectivity index (χ0) is 17.5. The molecule has 0 aromatic carbocycles. The number of rotatable bonds is 6. The molecule has 0 aromatic heterocycles. The molecule has 2 unspecified atom stereocenters. The predicted octanol–water partition coefficient (Wildman–Crippen LogP) is 7.51. The van der Waals surface area contributed by atoms with Crippen LogP contribution in [-0.2, 0) is 0 Å². The molecule has 3 aliphatic rings. The summed E-state index contributed by atoms with van der Waals surface area (Å²) in [6, 6.07) is 2.56. The van der Waals surface area contributed by atoms with Gasteiger partial charge in [-0.15, -0.1) is 0 Å². The van der Waals surface area contributed by atoms with Gasteiger partial charge in [-0.25, -0.2) is 0 Å². The van der Waals surface area contributed by atoms with E-state index in [0.717, 1.165) is 29.6 Å². The summed E-state index contributed by atoms with van der Waals surface area (Å²) < 4.78 is 0. The molecule has 3 aliphatic carbocycles. The summed E-state index contributed by atoms with van der Waals surface area (Å²) in [6.45, 7) is 2.32. The second kappa shape index (κ2) is 9.99. The zero-order valence-corrected chi connectivity index (χ0v) is 16.7. The van der Waals surface area contributed by atoms with Crippen molar-refractivity contribution in [1.82, 2.24) is 0 Å². The van der Waals surface area contributed by atoms with E-state index >= 15 is 0 Å². The van der Waals surface area contributed by atoms with Crippen LogP contribution in [0.3, 0.4) is 0 Å². The molecule has 25 heavy (non-hydrogen) atoms. The summed E-state index contributed by atoms with van der Waals surface area (Å²) in [7, 11) is 0. The van der Waals surface area contributed by atoms with Crippen LogP contribution in [0.5, 0.6) is 0 Å². The topological polar surface area (TPSA) is 23.8 Å². The first-order valence-electron chi connectivity index (χ1n) is 11.7. The lowest BCUT2D eigenvalue weighted by atomic mass is 9.64. The van der Waals surface area contributed by atoms with E-state index in [1.807, 2.05) is 0 Å². The Morgan fingerprint density at radius 3 is 1.92 bits per heavy atom. The highest BCUT2D eigenvalue weighted by atomic mass is 14.4. The van der Waals surface area contributed by atoms with Crippen molar-refractivity contribution >= 4 is 0 Å². The average Bonchev–Trinajstić information content (AvgIpc) is 2.69. The number of hydrogen-bond donors (Lipinski definition) is 0. The fourth-order valence-electron chi connectivity index (χ4n) is 6.49. The summed E-state index contributed by atoms with van der Waals surface area (Å²) >= 11 is 0. The number of nitrogens with zero attached hydrogens (tertiary/aromatic N) is 1. The minimum atomic E-state index is 0.374. The first kappa shape index (κ1) is 19.3. The van der Waals surface area contributed by atoms with Crippen molar-refractivity contribution in [3.63, 3.8) is 0 Å². The Hall–Kier alpha value is -0.510. The zero-order valence-electron chi connectivity index (χ0n) is 16.7. The van der Waals surface area contributed by atoms with E-state index in [1.165, 1.54) is 103 Å². The van der Waals surface area contributed by atoms with Crippen molar-refractivity contribution in [1.29, 1.82) is 5.26 Å². The van der Waals surface area contributed by atoms with Crippen molar-refractivity contribution in [2.75, 3.05) is 0 Å². The Labute approximate surface area is 157 Å². The van der Waals surface area contributed by atoms with Gasteiger partial charge < -0.3 is 0 Å². The number of hydrogen-bond acceptors (Lipinski definition) is 1. The molecule has 3 rings (SSSR count). The lowest BCUT2D eigenvalue weighted by Crippen LogP contribution is -2.30. The SMILES string of the molecule is CCCCCC1CCC(C2CCC(C3CCCC(C#N)C3)CC2)CC1. The van der Waals surface area contributed by atoms with Gasteiger partial charge in [-0.1, -0.05) is 58.3 Å². The summed E-state index contributed by atoms with van der Waals surface area (Å²) in [5.74, 6) is 5.37. The molecule has 3 fully saturated rings. The van der Waals surface area contributed by atoms with Crippen LogP contribution in [0.15, 0.2) is 0 Å². The summed E-state index contributed by atoms with van der Waals surface area (Å²) in [5, 5.41) is 9.26.